The second-order valence-electron chi connectivity index (χ2n) is 9.08. The molecule has 0 saturated heterocycles. The number of carbonyl (C=O) groups excluding carboxylic acids is 1. The van der Waals surface area contributed by atoms with Crippen LogP contribution in [-0.4, -0.2) is 20.9 Å². The number of carboxylic acids is 1. The van der Waals surface area contributed by atoms with Crippen LogP contribution in [-0.2, 0) is 0 Å². The van der Waals surface area contributed by atoms with Crippen LogP contribution >= 0.6 is 0 Å². The second kappa shape index (κ2) is 13.5. The van der Waals surface area contributed by atoms with Gasteiger partial charge in [0.1, 0.15) is 17.2 Å². The Labute approximate surface area is 259 Å². The van der Waals surface area contributed by atoms with Crippen LogP contribution in [0, 0.1) is 0 Å². The Bertz CT molecular complexity index is 1700. The minimum atomic E-state index is -1.29. The number of aromatic nitrogens is 3. The monoisotopic (exact) mass is 559 g/mol. The Hall–Kier alpha value is -5.42. The molecule has 0 unspecified atom stereocenters. The van der Waals surface area contributed by atoms with Gasteiger partial charge >= 0.3 is 36.9 Å². The van der Waals surface area contributed by atoms with E-state index < -0.39 is 5.97 Å². The number of aromatic carboxylic acids is 1. The van der Waals surface area contributed by atoms with E-state index in [1.165, 1.54) is 24.3 Å². The summed E-state index contributed by atoms with van der Waals surface area (Å²) in [5.74, 6) is 0.0267. The second-order valence-corrected chi connectivity index (χ2v) is 9.08. The summed E-state index contributed by atoms with van der Waals surface area (Å²) in [6, 6.07) is 40.5. The first-order valence-electron chi connectivity index (χ1n) is 13.0. The number of carboxylic acid groups (broad SMARTS) is 1. The smallest absolute Gasteiger partial charge is 0.545 e. The summed E-state index contributed by atoms with van der Waals surface area (Å²) in [5.41, 5.74) is 4.25. The van der Waals surface area contributed by atoms with Gasteiger partial charge in [0.05, 0.1) is 5.97 Å². The first-order valence-corrected chi connectivity index (χ1v) is 13.0. The average molecular weight is 560 g/mol. The molecule has 8 nitrogen and oxygen atoms in total. The van der Waals surface area contributed by atoms with E-state index in [9.17, 15) is 9.90 Å². The van der Waals surface area contributed by atoms with Gasteiger partial charge in [-0.2, -0.15) is 0 Å². The standard InChI is InChI=1S/C34H23N3O5.Li/c38-31(39)27-15-21-30(22-16-27)42-34-36-32(40-28-17-11-25(12-18-28)23-7-3-1-4-8-23)35-33(37-34)41-29-19-13-26(14-20-29)24-9-5-2-6-10-24;/h1-22H,(H,38,39);/q;+1/p-1. The van der Waals surface area contributed by atoms with Crippen molar-refractivity contribution < 1.29 is 43.0 Å². The van der Waals surface area contributed by atoms with Gasteiger partial charge in [-0.05, 0) is 76.3 Å². The van der Waals surface area contributed by atoms with E-state index in [2.05, 4.69) is 15.0 Å². The molecule has 0 aliphatic rings. The Morgan fingerprint density at radius 2 is 0.744 bits per heavy atom. The van der Waals surface area contributed by atoms with Crippen LogP contribution in [0.1, 0.15) is 10.4 Å². The van der Waals surface area contributed by atoms with E-state index in [0.717, 1.165) is 22.3 Å². The molecule has 0 N–H and O–H groups in total. The summed E-state index contributed by atoms with van der Waals surface area (Å²) in [6.07, 6.45) is 0. The van der Waals surface area contributed by atoms with Crippen molar-refractivity contribution in [3.05, 3.63) is 139 Å². The molecule has 0 atom stereocenters. The number of carbonyl (C=O) groups is 1. The van der Waals surface area contributed by atoms with Crippen molar-refractivity contribution >= 4 is 5.97 Å². The van der Waals surface area contributed by atoms with E-state index in [1.807, 2.05) is 109 Å². The Balaban J connectivity index is 0.00000368. The third-order valence-electron chi connectivity index (χ3n) is 6.21. The predicted molar refractivity (Wildman–Crippen MR) is 155 cm³/mol. The molecule has 6 rings (SSSR count). The van der Waals surface area contributed by atoms with Crippen LogP contribution in [0.2, 0.25) is 0 Å². The van der Waals surface area contributed by atoms with Crippen LogP contribution < -0.4 is 38.2 Å². The van der Waals surface area contributed by atoms with Gasteiger partial charge in [-0.1, -0.05) is 84.9 Å². The molecular weight excluding hydrogens is 537 g/mol. The van der Waals surface area contributed by atoms with Crippen molar-refractivity contribution in [3.63, 3.8) is 0 Å². The molecule has 0 bridgehead atoms. The molecule has 43 heavy (non-hydrogen) atoms. The van der Waals surface area contributed by atoms with Gasteiger partial charge in [-0.25, -0.2) is 0 Å². The molecule has 204 valence electrons. The maximum atomic E-state index is 11.1. The zero-order chi connectivity index (χ0) is 28.7. The van der Waals surface area contributed by atoms with Crippen molar-refractivity contribution in [3.8, 4) is 57.5 Å². The molecule has 6 aromatic rings. The molecule has 9 heteroatoms. The quantitative estimate of drug-likeness (QED) is 0.245. The fourth-order valence-corrected chi connectivity index (χ4v) is 4.12. The number of rotatable bonds is 9. The van der Waals surface area contributed by atoms with Crippen molar-refractivity contribution in [2.75, 3.05) is 0 Å². The Kier molecular flexibility index (Phi) is 9.13. The average Bonchev–Trinajstić information content (AvgIpc) is 3.03. The van der Waals surface area contributed by atoms with E-state index in [-0.39, 0.29) is 42.5 Å². The third-order valence-corrected chi connectivity index (χ3v) is 6.21. The molecule has 5 aromatic carbocycles. The third kappa shape index (κ3) is 7.46. The van der Waals surface area contributed by atoms with Crippen molar-refractivity contribution in [1.29, 1.82) is 0 Å². The first kappa shape index (κ1) is 29.1. The fourth-order valence-electron chi connectivity index (χ4n) is 4.12. The summed E-state index contributed by atoms with van der Waals surface area (Å²) in [5, 5.41) is 11.1. The van der Waals surface area contributed by atoms with Crippen LogP contribution in [0.15, 0.2) is 133 Å². The summed E-state index contributed by atoms with van der Waals surface area (Å²) >= 11 is 0. The molecular formula is C34H22LiN3O5. The van der Waals surface area contributed by atoms with E-state index >= 15 is 0 Å². The summed E-state index contributed by atoms with van der Waals surface area (Å²) in [4.78, 5) is 24.0. The van der Waals surface area contributed by atoms with E-state index in [4.69, 9.17) is 14.2 Å². The van der Waals surface area contributed by atoms with E-state index in [1.54, 1.807) is 0 Å². The molecule has 0 aliphatic carbocycles. The van der Waals surface area contributed by atoms with Gasteiger partial charge in [-0.15, -0.1) is 15.0 Å². The van der Waals surface area contributed by atoms with Gasteiger partial charge in [0.25, 0.3) is 0 Å². The van der Waals surface area contributed by atoms with Gasteiger partial charge in [0.15, 0.2) is 0 Å². The minimum absolute atomic E-state index is 0. The molecule has 1 aromatic heterocycles. The molecule has 0 radical (unpaired) electrons. The van der Waals surface area contributed by atoms with Crippen molar-refractivity contribution in [1.82, 2.24) is 15.0 Å². The van der Waals surface area contributed by atoms with Gasteiger partial charge in [-0.3, -0.25) is 0 Å². The minimum Gasteiger partial charge on any atom is -0.545 e. The van der Waals surface area contributed by atoms with Crippen LogP contribution in [0.3, 0.4) is 0 Å². The topological polar surface area (TPSA) is 106 Å². The summed E-state index contributed by atoms with van der Waals surface area (Å²) in [6.45, 7) is 0. The Morgan fingerprint density at radius 1 is 0.442 bits per heavy atom. The maximum Gasteiger partial charge on any atom is 1.00 e. The molecule has 0 aliphatic heterocycles. The van der Waals surface area contributed by atoms with Crippen LogP contribution in [0.5, 0.6) is 35.3 Å². The maximum absolute atomic E-state index is 11.1. The summed E-state index contributed by atoms with van der Waals surface area (Å²) < 4.78 is 17.7. The molecule has 0 spiro atoms. The van der Waals surface area contributed by atoms with Gasteiger partial charge < -0.3 is 24.1 Å². The molecule has 1 heterocycles. The Morgan fingerprint density at radius 3 is 1.07 bits per heavy atom. The number of hydrogen-bond acceptors (Lipinski definition) is 8. The molecule has 0 fully saturated rings. The predicted octanol–water partition coefficient (Wildman–Crippen LogP) is 3.95. The molecule has 0 saturated carbocycles. The van der Waals surface area contributed by atoms with Crippen LogP contribution in [0.25, 0.3) is 22.3 Å². The van der Waals surface area contributed by atoms with Crippen molar-refractivity contribution in [2.45, 2.75) is 0 Å². The van der Waals surface area contributed by atoms with Gasteiger partial charge in [0.2, 0.25) is 0 Å². The normalized spacial score (nSPS) is 10.3. The molecule has 0 amide bonds. The SMILES string of the molecule is O=C([O-])c1ccc(Oc2nc(Oc3ccc(-c4ccccc4)cc3)nc(Oc3ccc(-c4ccccc4)cc3)n2)cc1.[Li+]. The van der Waals surface area contributed by atoms with E-state index in [0.29, 0.717) is 17.2 Å². The zero-order valence-electron chi connectivity index (χ0n) is 23.1. The first-order chi connectivity index (χ1) is 20.6. The zero-order valence-corrected chi connectivity index (χ0v) is 23.1. The van der Waals surface area contributed by atoms with Crippen LogP contribution in [0.4, 0.5) is 0 Å². The number of hydrogen-bond donors (Lipinski definition) is 0. The number of nitrogens with zero attached hydrogens (tertiary/aromatic N) is 3. The largest absolute Gasteiger partial charge is 1.00 e. The summed E-state index contributed by atoms with van der Waals surface area (Å²) in [7, 11) is 0. The number of ether oxygens (including phenoxy) is 3. The van der Waals surface area contributed by atoms with Crippen molar-refractivity contribution in [2.24, 2.45) is 0 Å². The number of benzene rings is 5. The van der Waals surface area contributed by atoms with Gasteiger partial charge in [0, 0.05) is 0 Å². The fraction of sp³-hybridized carbons (Fsp3) is 0.